The van der Waals surface area contributed by atoms with E-state index in [1.807, 2.05) is 13.0 Å². The molecule has 2 rings (SSSR count). The van der Waals surface area contributed by atoms with Gasteiger partial charge in [0, 0.05) is 13.1 Å². The number of ether oxygens (including phenoxy) is 4. The zero-order chi connectivity index (χ0) is 21.2. The maximum absolute atomic E-state index is 13.5. The van der Waals surface area contributed by atoms with Gasteiger partial charge in [-0.05, 0) is 36.8 Å². The van der Waals surface area contributed by atoms with Gasteiger partial charge in [0.15, 0.2) is 36.3 Å². The lowest BCUT2D eigenvalue weighted by Gasteiger charge is -2.21. The third kappa shape index (κ3) is 6.38. The molecule has 0 spiro atoms. The summed E-state index contributed by atoms with van der Waals surface area (Å²) in [6, 6.07) is 11.1. The summed E-state index contributed by atoms with van der Waals surface area (Å²) in [5.41, 5.74) is 0.840. The SMILES string of the molecule is CCN(Cc1ccc(OC)c(OC)c1)C(=O)COC(=O)COc1ccccc1F. The molecule has 0 atom stereocenters. The van der Waals surface area contributed by atoms with Crippen LogP contribution in [0.25, 0.3) is 0 Å². The van der Waals surface area contributed by atoms with E-state index in [1.54, 1.807) is 25.3 Å². The van der Waals surface area contributed by atoms with Crippen molar-refractivity contribution in [1.82, 2.24) is 4.90 Å². The van der Waals surface area contributed by atoms with Crippen LogP contribution in [-0.2, 0) is 20.9 Å². The van der Waals surface area contributed by atoms with Crippen molar-refractivity contribution in [2.45, 2.75) is 13.5 Å². The zero-order valence-electron chi connectivity index (χ0n) is 16.6. The van der Waals surface area contributed by atoms with Crippen LogP contribution >= 0.6 is 0 Å². The second-order valence-electron chi connectivity index (χ2n) is 5.98. The molecule has 0 aliphatic carbocycles. The minimum Gasteiger partial charge on any atom is -0.493 e. The maximum Gasteiger partial charge on any atom is 0.344 e. The highest BCUT2D eigenvalue weighted by Gasteiger charge is 2.16. The van der Waals surface area contributed by atoms with Crippen molar-refractivity contribution in [3.05, 3.63) is 53.8 Å². The Bertz CT molecular complexity index is 842. The standard InChI is InChI=1S/C21H24FNO6/c1-4-23(12-15-9-10-18(26-2)19(11-15)27-3)20(24)13-29-21(25)14-28-17-8-6-5-7-16(17)22/h5-11H,4,12-14H2,1-3H3. The summed E-state index contributed by atoms with van der Waals surface area (Å²) in [4.78, 5) is 25.7. The van der Waals surface area contributed by atoms with E-state index in [1.165, 1.54) is 30.2 Å². The number of halogens is 1. The summed E-state index contributed by atoms with van der Waals surface area (Å²) in [5.74, 6) is -0.604. The molecule has 0 heterocycles. The van der Waals surface area contributed by atoms with Crippen LogP contribution in [0, 0.1) is 5.82 Å². The van der Waals surface area contributed by atoms with Crippen LogP contribution in [0.3, 0.4) is 0 Å². The van der Waals surface area contributed by atoms with Gasteiger partial charge >= 0.3 is 5.97 Å². The fourth-order valence-corrected chi connectivity index (χ4v) is 2.55. The quantitative estimate of drug-likeness (QED) is 0.566. The lowest BCUT2D eigenvalue weighted by Crippen LogP contribution is -2.34. The lowest BCUT2D eigenvalue weighted by molar-refractivity contribution is -0.153. The Labute approximate surface area is 168 Å². The molecule has 0 saturated heterocycles. The molecule has 0 radical (unpaired) electrons. The normalized spacial score (nSPS) is 10.2. The lowest BCUT2D eigenvalue weighted by atomic mass is 10.2. The molecule has 8 heteroatoms. The number of nitrogens with zero attached hydrogens (tertiary/aromatic N) is 1. The van der Waals surface area contributed by atoms with Gasteiger partial charge in [0.2, 0.25) is 0 Å². The molecule has 7 nitrogen and oxygen atoms in total. The fraction of sp³-hybridized carbons (Fsp3) is 0.333. The van der Waals surface area contributed by atoms with E-state index in [9.17, 15) is 14.0 Å². The topological polar surface area (TPSA) is 74.3 Å². The Morgan fingerprint density at radius 3 is 2.34 bits per heavy atom. The van der Waals surface area contributed by atoms with Gasteiger partial charge in [0.05, 0.1) is 14.2 Å². The number of para-hydroxylation sites is 1. The van der Waals surface area contributed by atoms with Gasteiger partial charge in [-0.3, -0.25) is 4.79 Å². The molecule has 0 saturated carbocycles. The first kappa shape index (κ1) is 22.0. The van der Waals surface area contributed by atoms with Crippen LogP contribution in [0.5, 0.6) is 17.2 Å². The number of amides is 1. The van der Waals surface area contributed by atoms with E-state index in [-0.39, 0.29) is 11.7 Å². The highest BCUT2D eigenvalue weighted by atomic mass is 19.1. The third-order valence-electron chi connectivity index (χ3n) is 4.09. The highest BCUT2D eigenvalue weighted by molar-refractivity contribution is 5.81. The van der Waals surface area contributed by atoms with Crippen molar-refractivity contribution in [2.75, 3.05) is 34.0 Å². The van der Waals surface area contributed by atoms with Crippen molar-refractivity contribution in [1.29, 1.82) is 0 Å². The van der Waals surface area contributed by atoms with E-state index >= 15 is 0 Å². The summed E-state index contributed by atoms with van der Waals surface area (Å²) in [7, 11) is 3.08. The summed E-state index contributed by atoms with van der Waals surface area (Å²) in [6.07, 6.45) is 0. The number of carbonyl (C=O) groups is 2. The second-order valence-corrected chi connectivity index (χ2v) is 5.98. The van der Waals surface area contributed by atoms with Crippen LogP contribution in [0.2, 0.25) is 0 Å². The zero-order valence-corrected chi connectivity index (χ0v) is 16.6. The van der Waals surface area contributed by atoms with Crippen molar-refractivity contribution < 1.29 is 32.9 Å². The Hall–Kier alpha value is -3.29. The van der Waals surface area contributed by atoms with Gasteiger partial charge in [0.25, 0.3) is 5.91 Å². The molecule has 0 aliphatic rings. The molecule has 2 aromatic carbocycles. The molecule has 0 aliphatic heterocycles. The highest BCUT2D eigenvalue weighted by Crippen LogP contribution is 2.28. The molecule has 0 bridgehead atoms. The molecule has 0 N–H and O–H groups in total. The van der Waals surface area contributed by atoms with Gasteiger partial charge in [-0.1, -0.05) is 18.2 Å². The first-order valence-corrected chi connectivity index (χ1v) is 9.00. The van der Waals surface area contributed by atoms with E-state index in [4.69, 9.17) is 18.9 Å². The number of hydrogen-bond donors (Lipinski definition) is 0. The van der Waals surface area contributed by atoms with Crippen LogP contribution < -0.4 is 14.2 Å². The number of likely N-dealkylation sites (N-methyl/N-ethyl adjacent to an activating group) is 1. The molecule has 0 unspecified atom stereocenters. The van der Waals surface area contributed by atoms with E-state index < -0.39 is 25.0 Å². The second kappa shape index (κ2) is 10.9. The molecule has 29 heavy (non-hydrogen) atoms. The number of rotatable bonds is 10. The minimum atomic E-state index is -0.760. The fourth-order valence-electron chi connectivity index (χ4n) is 2.55. The summed E-state index contributed by atoms with van der Waals surface area (Å²) in [5, 5.41) is 0. The van der Waals surface area contributed by atoms with Gasteiger partial charge in [-0.25, -0.2) is 9.18 Å². The third-order valence-corrected chi connectivity index (χ3v) is 4.09. The Morgan fingerprint density at radius 1 is 0.966 bits per heavy atom. The minimum absolute atomic E-state index is 0.0561. The van der Waals surface area contributed by atoms with Crippen LogP contribution in [0.4, 0.5) is 4.39 Å². The molecular formula is C21H24FNO6. The Balaban J connectivity index is 1.86. The smallest absolute Gasteiger partial charge is 0.344 e. The Morgan fingerprint density at radius 2 is 1.69 bits per heavy atom. The molecule has 1 amide bonds. The number of methoxy groups -OCH3 is 2. The maximum atomic E-state index is 13.5. The van der Waals surface area contributed by atoms with Crippen LogP contribution in [0.1, 0.15) is 12.5 Å². The predicted molar refractivity (Wildman–Crippen MR) is 103 cm³/mol. The summed E-state index contributed by atoms with van der Waals surface area (Å²) < 4.78 is 33.9. The molecular weight excluding hydrogens is 381 g/mol. The van der Waals surface area contributed by atoms with Gasteiger partial charge < -0.3 is 23.8 Å². The van der Waals surface area contributed by atoms with Gasteiger partial charge in [-0.2, -0.15) is 0 Å². The van der Waals surface area contributed by atoms with E-state index in [2.05, 4.69) is 0 Å². The number of hydrogen-bond acceptors (Lipinski definition) is 6. The molecule has 156 valence electrons. The first-order chi connectivity index (χ1) is 14.0. The molecule has 0 aromatic heterocycles. The largest absolute Gasteiger partial charge is 0.493 e. The van der Waals surface area contributed by atoms with Crippen molar-refractivity contribution >= 4 is 11.9 Å². The van der Waals surface area contributed by atoms with Crippen LogP contribution in [0.15, 0.2) is 42.5 Å². The average molecular weight is 405 g/mol. The molecule has 0 fully saturated rings. The van der Waals surface area contributed by atoms with E-state index in [0.29, 0.717) is 24.6 Å². The summed E-state index contributed by atoms with van der Waals surface area (Å²) in [6.45, 7) is 1.65. The van der Waals surface area contributed by atoms with Crippen LogP contribution in [-0.4, -0.2) is 50.8 Å². The number of esters is 1. The van der Waals surface area contributed by atoms with Crippen molar-refractivity contribution in [3.63, 3.8) is 0 Å². The van der Waals surface area contributed by atoms with Crippen molar-refractivity contribution in [2.24, 2.45) is 0 Å². The first-order valence-electron chi connectivity index (χ1n) is 9.00. The monoisotopic (exact) mass is 405 g/mol. The summed E-state index contributed by atoms with van der Waals surface area (Å²) >= 11 is 0. The number of carbonyl (C=O) groups excluding carboxylic acids is 2. The van der Waals surface area contributed by atoms with Crippen molar-refractivity contribution in [3.8, 4) is 17.2 Å². The predicted octanol–water partition coefficient (Wildman–Crippen LogP) is 2.81. The molecule has 2 aromatic rings. The average Bonchev–Trinajstić information content (AvgIpc) is 2.74. The van der Waals surface area contributed by atoms with Gasteiger partial charge in [0.1, 0.15) is 0 Å². The Kier molecular flexibility index (Phi) is 8.27. The van der Waals surface area contributed by atoms with Gasteiger partial charge in [-0.15, -0.1) is 0 Å². The van der Waals surface area contributed by atoms with E-state index in [0.717, 1.165) is 5.56 Å². The number of benzene rings is 2.